The smallest absolute Gasteiger partial charge is 0.150 e. The van der Waals surface area contributed by atoms with Crippen LogP contribution in [-0.4, -0.2) is 39.9 Å². The Hall–Kier alpha value is -2.70. The molecule has 1 aromatic heterocycles. The van der Waals surface area contributed by atoms with Crippen molar-refractivity contribution in [1.82, 2.24) is 25.0 Å². The van der Waals surface area contributed by atoms with Gasteiger partial charge in [0.05, 0.1) is 19.7 Å². The van der Waals surface area contributed by atoms with Gasteiger partial charge in [-0.25, -0.2) is 0 Å². The average Bonchev–Trinajstić information content (AvgIpc) is 3.40. The lowest BCUT2D eigenvalue weighted by molar-refractivity contribution is 0.233. The number of methoxy groups -OCH3 is 1. The van der Waals surface area contributed by atoms with Gasteiger partial charge in [-0.3, -0.25) is 4.90 Å². The fourth-order valence-corrected chi connectivity index (χ4v) is 4.68. The van der Waals surface area contributed by atoms with Crippen molar-refractivity contribution in [3.05, 3.63) is 65.7 Å². The lowest BCUT2D eigenvalue weighted by atomic mass is 9.98. The predicted molar refractivity (Wildman–Crippen MR) is 113 cm³/mol. The fourth-order valence-electron chi connectivity index (χ4n) is 4.68. The molecule has 6 heteroatoms. The van der Waals surface area contributed by atoms with Gasteiger partial charge in [0.2, 0.25) is 0 Å². The number of hydrogen-bond acceptors (Lipinski definition) is 5. The zero-order valence-electron chi connectivity index (χ0n) is 16.8. The van der Waals surface area contributed by atoms with Gasteiger partial charge in [-0.05, 0) is 36.6 Å². The van der Waals surface area contributed by atoms with Gasteiger partial charge in [-0.1, -0.05) is 42.5 Å². The number of para-hydroxylation sites is 1. The van der Waals surface area contributed by atoms with Crippen LogP contribution in [0.2, 0.25) is 0 Å². The van der Waals surface area contributed by atoms with E-state index in [1.165, 1.54) is 17.5 Å². The number of fused-ring (bicyclic) bond motifs is 1. The van der Waals surface area contributed by atoms with Gasteiger partial charge in [-0.2, -0.15) is 0 Å². The highest BCUT2D eigenvalue weighted by Crippen LogP contribution is 2.37. The lowest BCUT2D eigenvalue weighted by Crippen LogP contribution is -2.31. The number of nitrogens with zero attached hydrogens (tertiary/aromatic N) is 4. The Balaban J connectivity index is 1.45. The molecule has 0 spiro atoms. The topological polar surface area (TPSA) is 55.2 Å². The molecule has 0 amide bonds. The molecule has 1 fully saturated rings. The number of rotatable bonds is 5. The third-order valence-corrected chi connectivity index (χ3v) is 6.10. The Kier molecular flexibility index (Phi) is 5.04. The van der Waals surface area contributed by atoms with Gasteiger partial charge in [0.15, 0.2) is 5.82 Å². The first-order chi connectivity index (χ1) is 14.3. The van der Waals surface area contributed by atoms with Gasteiger partial charge in [0.1, 0.15) is 11.6 Å². The molecule has 0 radical (unpaired) electrons. The van der Waals surface area contributed by atoms with Crippen molar-refractivity contribution in [1.29, 1.82) is 0 Å². The summed E-state index contributed by atoms with van der Waals surface area (Å²) < 4.78 is 7.95. The van der Waals surface area contributed by atoms with Crippen LogP contribution >= 0.6 is 0 Å². The van der Waals surface area contributed by atoms with E-state index in [2.05, 4.69) is 61.4 Å². The zero-order chi connectivity index (χ0) is 19.6. The first kappa shape index (κ1) is 18.3. The van der Waals surface area contributed by atoms with Gasteiger partial charge in [0, 0.05) is 25.2 Å². The molecule has 3 heterocycles. The molecule has 0 bridgehead atoms. The Morgan fingerprint density at radius 1 is 1.03 bits per heavy atom. The van der Waals surface area contributed by atoms with Crippen LogP contribution in [0.4, 0.5) is 0 Å². The maximum atomic E-state index is 5.63. The van der Waals surface area contributed by atoms with E-state index in [0.29, 0.717) is 6.04 Å². The third-order valence-electron chi connectivity index (χ3n) is 6.10. The van der Waals surface area contributed by atoms with Crippen molar-refractivity contribution in [3.63, 3.8) is 0 Å². The second-order valence-corrected chi connectivity index (χ2v) is 7.79. The minimum atomic E-state index is 0.333. The fraction of sp³-hybridized carbons (Fsp3) is 0.391. The largest absolute Gasteiger partial charge is 0.496 e. The predicted octanol–water partition coefficient (Wildman–Crippen LogP) is 3.39. The molecular formula is C23H27N5O. The summed E-state index contributed by atoms with van der Waals surface area (Å²) in [6, 6.07) is 17.3. The van der Waals surface area contributed by atoms with Crippen molar-refractivity contribution in [2.24, 2.45) is 0 Å². The van der Waals surface area contributed by atoms with Crippen LogP contribution in [0.5, 0.6) is 5.75 Å². The molecule has 1 unspecified atom stereocenters. The van der Waals surface area contributed by atoms with E-state index >= 15 is 0 Å². The molecule has 1 saturated heterocycles. The number of aromatic nitrogens is 3. The minimum absolute atomic E-state index is 0.333. The van der Waals surface area contributed by atoms with E-state index in [0.717, 1.165) is 62.1 Å². The molecule has 0 aliphatic carbocycles. The average molecular weight is 390 g/mol. The van der Waals surface area contributed by atoms with E-state index < -0.39 is 0 Å². The quantitative estimate of drug-likeness (QED) is 0.725. The monoisotopic (exact) mass is 389 g/mol. The van der Waals surface area contributed by atoms with E-state index in [9.17, 15) is 0 Å². The highest BCUT2D eigenvalue weighted by atomic mass is 16.5. The van der Waals surface area contributed by atoms with Gasteiger partial charge >= 0.3 is 0 Å². The summed E-state index contributed by atoms with van der Waals surface area (Å²) in [5.74, 6) is 3.11. The first-order valence-corrected chi connectivity index (χ1v) is 10.4. The number of hydrogen-bond donors (Lipinski definition) is 1. The van der Waals surface area contributed by atoms with E-state index in [1.54, 1.807) is 7.11 Å². The van der Waals surface area contributed by atoms with Crippen LogP contribution in [0.15, 0.2) is 48.5 Å². The number of nitrogens with one attached hydrogen (secondary N) is 1. The molecule has 2 aromatic carbocycles. The third kappa shape index (κ3) is 3.43. The number of benzene rings is 2. The van der Waals surface area contributed by atoms with Crippen molar-refractivity contribution < 1.29 is 4.74 Å². The first-order valence-electron chi connectivity index (χ1n) is 10.4. The second kappa shape index (κ2) is 7.97. The highest BCUT2D eigenvalue weighted by molar-refractivity contribution is 5.73. The minimum Gasteiger partial charge on any atom is -0.496 e. The van der Waals surface area contributed by atoms with E-state index in [1.807, 2.05) is 12.1 Å². The van der Waals surface area contributed by atoms with Crippen LogP contribution in [0.3, 0.4) is 0 Å². The normalized spacial score (nSPS) is 19.3. The van der Waals surface area contributed by atoms with E-state index in [-0.39, 0.29) is 0 Å². The Bertz CT molecular complexity index is 998. The van der Waals surface area contributed by atoms with Crippen LogP contribution in [-0.2, 0) is 19.6 Å². The maximum absolute atomic E-state index is 5.63. The summed E-state index contributed by atoms with van der Waals surface area (Å²) in [7, 11) is 1.74. The second-order valence-electron chi connectivity index (χ2n) is 7.79. The van der Waals surface area contributed by atoms with Crippen LogP contribution in [0.1, 0.15) is 36.1 Å². The Morgan fingerprint density at radius 2 is 1.86 bits per heavy atom. The van der Waals surface area contributed by atoms with Crippen molar-refractivity contribution >= 4 is 0 Å². The molecule has 0 saturated carbocycles. The molecule has 3 aromatic rings. The standard InChI is InChI=1S/C23H27N5O/c1-29-21-11-5-4-9-19(21)18-8-3-2-7-17(18)16-27-13-6-10-20(27)23-26-25-22-15-24-12-14-28(22)23/h2-5,7-9,11,20,24H,6,10,12-16H2,1H3. The summed E-state index contributed by atoms with van der Waals surface area (Å²) >= 11 is 0. The SMILES string of the molecule is COc1ccccc1-c1ccccc1CN1CCCC1c1nnc2n1CCNC2. The highest BCUT2D eigenvalue weighted by Gasteiger charge is 2.32. The summed E-state index contributed by atoms with van der Waals surface area (Å²) in [4.78, 5) is 2.56. The lowest BCUT2D eigenvalue weighted by Gasteiger charge is -2.26. The van der Waals surface area contributed by atoms with Crippen molar-refractivity contribution in [2.45, 2.75) is 38.5 Å². The zero-order valence-corrected chi connectivity index (χ0v) is 16.8. The number of likely N-dealkylation sites (tertiary alicyclic amines) is 1. The van der Waals surface area contributed by atoms with Gasteiger partial charge in [-0.15, -0.1) is 10.2 Å². The number of ether oxygens (including phenoxy) is 1. The molecule has 1 atom stereocenters. The molecular weight excluding hydrogens is 362 g/mol. The van der Waals surface area contributed by atoms with Gasteiger partial charge in [0.25, 0.3) is 0 Å². The molecule has 29 heavy (non-hydrogen) atoms. The summed E-state index contributed by atoms with van der Waals surface area (Å²) in [5.41, 5.74) is 3.71. The molecule has 150 valence electrons. The van der Waals surface area contributed by atoms with Gasteiger partial charge < -0.3 is 14.6 Å². The molecule has 5 rings (SSSR count). The summed E-state index contributed by atoms with van der Waals surface area (Å²) in [5, 5.41) is 12.4. The molecule has 6 nitrogen and oxygen atoms in total. The molecule has 2 aliphatic heterocycles. The summed E-state index contributed by atoms with van der Waals surface area (Å²) in [6.45, 7) is 4.75. The van der Waals surface area contributed by atoms with Crippen molar-refractivity contribution in [3.8, 4) is 16.9 Å². The summed E-state index contributed by atoms with van der Waals surface area (Å²) in [6.07, 6.45) is 2.34. The molecule has 1 N–H and O–H groups in total. The Labute approximate surface area is 171 Å². The van der Waals surface area contributed by atoms with Crippen LogP contribution in [0.25, 0.3) is 11.1 Å². The van der Waals surface area contributed by atoms with E-state index in [4.69, 9.17) is 4.74 Å². The van der Waals surface area contributed by atoms with Crippen molar-refractivity contribution in [2.75, 3.05) is 20.2 Å². The Morgan fingerprint density at radius 3 is 2.76 bits per heavy atom. The maximum Gasteiger partial charge on any atom is 0.150 e. The molecule has 2 aliphatic rings. The van der Waals surface area contributed by atoms with Crippen LogP contribution < -0.4 is 10.1 Å². The van der Waals surface area contributed by atoms with Crippen LogP contribution in [0, 0.1) is 0 Å².